The number of alkyl halides is 1. The third kappa shape index (κ3) is 9.53. The molecule has 0 fully saturated rings. The van der Waals surface area contributed by atoms with Gasteiger partial charge in [0.25, 0.3) is 0 Å². The third-order valence-corrected chi connectivity index (χ3v) is 4.77. The lowest BCUT2D eigenvalue weighted by molar-refractivity contribution is -0.146. The number of Topliss-reactive ketones (excluding diaryl/α,β-unsaturated/α-hetero) is 1. The summed E-state index contributed by atoms with van der Waals surface area (Å²) in [6.45, 7) is 1.02. The Hall–Kier alpha value is -3.06. The average Bonchev–Trinajstić information content (AvgIpc) is 2.80. The molecule has 31 heavy (non-hydrogen) atoms. The number of rotatable bonds is 13. The van der Waals surface area contributed by atoms with Gasteiger partial charge < -0.3 is 15.4 Å². The highest BCUT2D eigenvalue weighted by molar-refractivity contribution is 5.84. The van der Waals surface area contributed by atoms with E-state index in [1.165, 1.54) is 0 Å². The molecular formula is C24H29FN2O4. The molecule has 0 heterocycles. The Kier molecular flexibility index (Phi) is 10.4. The summed E-state index contributed by atoms with van der Waals surface area (Å²) in [5.74, 6) is -1.27. The van der Waals surface area contributed by atoms with Crippen LogP contribution in [0.1, 0.15) is 30.9 Å². The van der Waals surface area contributed by atoms with Gasteiger partial charge in [0.15, 0.2) is 5.78 Å². The number of hydrogen-bond acceptors (Lipinski definition) is 5. The van der Waals surface area contributed by atoms with Crippen molar-refractivity contribution >= 4 is 17.7 Å². The minimum atomic E-state index is -1.03. The van der Waals surface area contributed by atoms with Gasteiger partial charge in [0.2, 0.25) is 5.91 Å². The molecule has 2 atom stereocenters. The number of ketones is 1. The maximum absolute atomic E-state index is 12.6. The molecule has 0 aliphatic carbocycles. The summed E-state index contributed by atoms with van der Waals surface area (Å²) in [4.78, 5) is 35.8. The summed E-state index contributed by atoms with van der Waals surface area (Å²) < 4.78 is 17.8. The number of carbonyl (C=O) groups is 3. The molecule has 0 bridgehead atoms. The van der Waals surface area contributed by atoms with Gasteiger partial charge >= 0.3 is 5.97 Å². The first-order chi connectivity index (χ1) is 15.0. The molecule has 2 aromatic rings. The van der Waals surface area contributed by atoms with Crippen molar-refractivity contribution in [2.75, 3.05) is 13.2 Å². The van der Waals surface area contributed by atoms with Crippen molar-refractivity contribution in [3.63, 3.8) is 0 Å². The van der Waals surface area contributed by atoms with Crippen LogP contribution in [0.2, 0.25) is 0 Å². The van der Waals surface area contributed by atoms with Gasteiger partial charge in [-0.25, -0.2) is 4.39 Å². The van der Waals surface area contributed by atoms with Crippen molar-refractivity contribution < 1.29 is 23.5 Å². The topological polar surface area (TPSA) is 84.5 Å². The van der Waals surface area contributed by atoms with Crippen LogP contribution in [0.3, 0.4) is 0 Å². The van der Waals surface area contributed by atoms with Crippen LogP contribution in [0.4, 0.5) is 4.39 Å². The van der Waals surface area contributed by atoms with E-state index < -0.39 is 24.5 Å². The van der Waals surface area contributed by atoms with Gasteiger partial charge in [-0.05, 0) is 24.5 Å². The average molecular weight is 429 g/mol. The van der Waals surface area contributed by atoms with Crippen molar-refractivity contribution in [1.29, 1.82) is 0 Å². The first-order valence-electron chi connectivity index (χ1n) is 10.3. The molecule has 2 aromatic carbocycles. The van der Waals surface area contributed by atoms with Crippen molar-refractivity contribution in [2.45, 2.75) is 44.9 Å². The largest absolute Gasteiger partial charge is 0.461 e. The summed E-state index contributed by atoms with van der Waals surface area (Å²) in [5, 5.41) is 5.86. The van der Waals surface area contributed by atoms with Crippen LogP contribution in [0.15, 0.2) is 60.7 Å². The fraction of sp³-hybridized carbons (Fsp3) is 0.375. The first-order valence-corrected chi connectivity index (χ1v) is 10.3. The molecule has 1 amide bonds. The molecule has 2 rings (SSSR count). The fourth-order valence-electron chi connectivity index (χ4n) is 2.95. The smallest absolute Gasteiger partial charge is 0.306 e. The number of carbonyl (C=O) groups excluding carboxylic acids is 3. The van der Waals surface area contributed by atoms with E-state index >= 15 is 0 Å². The standard InChI is InChI=1S/C24H29FN2O4/c1-18(22(28)15-25)26-16-21(14-19-8-4-2-5-9-19)27-23(29)12-13-24(30)31-17-20-10-6-3-7-11-20/h2-11,18,21,26H,12-17H2,1H3,(H,27,29)/t18?,21-/m0/s1. The second-order valence-corrected chi connectivity index (χ2v) is 7.33. The minimum absolute atomic E-state index is 0.00211. The highest BCUT2D eigenvalue weighted by Gasteiger charge is 2.18. The van der Waals surface area contributed by atoms with E-state index in [0.717, 1.165) is 11.1 Å². The number of esters is 1. The van der Waals surface area contributed by atoms with Gasteiger partial charge in [0, 0.05) is 19.0 Å². The van der Waals surface area contributed by atoms with Gasteiger partial charge in [-0.1, -0.05) is 60.7 Å². The molecule has 0 saturated carbocycles. The first kappa shape index (κ1) is 24.2. The Balaban J connectivity index is 1.82. The van der Waals surface area contributed by atoms with Crippen molar-refractivity contribution in [1.82, 2.24) is 10.6 Å². The van der Waals surface area contributed by atoms with Crippen LogP contribution in [0.5, 0.6) is 0 Å². The molecular weight excluding hydrogens is 399 g/mol. The Morgan fingerprint density at radius 1 is 0.935 bits per heavy atom. The maximum atomic E-state index is 12.6. The minimum Gasteiger partial charge on any atom is -0.461 e. The molecule has 2 N–H and O–H groups in total. The van der Waals surface area contributed by atoms with Crippen molar-refractivity contribution in [3.05, 3.63) is 71.8 Å². The molecule has 0 radical (unpaired) electrons. The number of ether oxygens (including phenoxy) is 1. The summed E-state index contributed by atoms with van der Waals surface area (Å²) >= 11 is 0. The monoisotopic (exact) mass is 428 g/mol. The van der Waals surface area contributed by atoms with E-state index in [0.29, 0.717) is 13.0 Å². The fourth-order valence-corrected chi connectivity index (χ4v) is 2.95. The normalized spacial score (nSPS) is 12.6. The van der Waals surface area contributed by atoms with E-state index in [9.17, 15) is 18.8 Å². The predicted molar refractivity (Wildman–Crippen MR) is 116 cm³/mol. The molecule has 7 heteroatoms. The molecule has 0 saturated heterocycles. The molecule has 1 unspecified atom stereocenters. The summed E-state index contributed by atoms with van der Waals surface area (Å²) in [6.07, 6.45) is 0.507. The Morgan fingerprint density at radius 2 is 1.55 bits per heavy atom. The van der Waals surface area contributed by atoms with Gasteiger partial charge in [0.1, 0.15) is 13.3 Å². The van der Waals surface area contributed by atoms with E-state index in [4.69, 9.17) is 4.74 Å². The second kappa shape index (κ2) is 13.3. The van der Waals surface area contributed by atoms with Crippen LogP contribution in [-0.4, -0.2) is 43.0 Å². The third-order valence-electron chi connectivity index (χ3n) is 4.77. The molecule has 166 valence electrons. The zero-order valence-corrected chi connectivity index (χ0v) is 17.7. The lowest BCUT2D eigenvalue weighted by Gasteiger charge is -2.21. The quantitative estimate of drug-likeness (QED) is 0.479. The van der Waals surface area contributed by atoms with E-state index in [-0.39, 0.29) is 31.4 Å². The maximum Gasteiger partial charge on any atom is 0.306 e. The summed E-state index contributed by atoms with van der Waals surface area (Å²) in [5.41, 5.74) is 1.90. The summed E-state index contributed by atoms with van der Waals surface area (Å²) in [7, 11) is 0. The van der Waals surface area contributed by atoms with Gasteiger partial charge in [-0.2, -0.15) is 0 Å². The van der Waals surface area contributed by atoms with Gasteiger partial charge in [-0.3, -0.25) is 14.4 Å². The Morgan fingerprint density at radius 3 is 2.16 bits per heavy atom. The number of hydrogen-bond donors (Lipinski definition) is 2. The van der Waals surface area contributed by atoms with E-state index in [1.807, 2.05) is 60.7 Å². The van der Waals surface area contributed by atoms with Crippen LogP contribution < -0.4 is 10.6 Å². The number of nitrogens with one attached hydrogen (secondary N) is 2. The van der Waals surface area contributed by atoms with Crippen molar-refractivity contribution in [3.8, 4) is 0 Å². The number of halogens is 1. The number of benzene rings is 2. The second-order valence-electron chi connectivity index (χ2n) is 7.33. The van der Waals surface area contributed by atoms with Crippen LogP contribution in [0.25, 0.3) is 0 Å². The molecule has 0 spiro atoms. The van der Waals surface area contributed by atoms with Crippen molar-refractivity contribution in [2.24, 2.45) is 0 Å². The molecule has 0 aliphatic heterocycles. The highest BCUT2D eigenvalue weighted by atomic mass is 19.1. The van der Waals surface area contributed by atoms with E-state index in [2.05, 4.69) is 10.6 Å². The van der Waals surface area contributed by atoms with Gasteiger partial charge in [-0.15, -0.1) is 0 Å². The molecule has 6 nitrogen and oxygen atoms in total. The molecule has 0 aromatic heterocycles. The van der Waals surface area contributed by atoms with Crippen LogP contribution in [0, 0.1) is 0 Å². The summed E-state index contributed by atoms with van der Waals surface area (Å²) in [6, 6.07) is 17.9. The lowest BCUT2D eigenvalue weighted by Crippen LogP contribution is -2.47. The van der Waals surface area contributed by atoms with Gasteiger partial charge in [0.05, 0.1) is 12.5 Å². The highest BCUT2D eigenvalue weighted by Crippen LogP contribution is 2.06. The SMILES string of the molecule is CC(NC[C@H](Cc1ccccc1)NC(=O)CCC(=O)OCc1ccccc1)C(=O)CF. The van der Waals surface area contributed by atoms with Crippen LogP contribution in [-0.2, 0) is 32.1 Å². The molecule has 0 aliphatic rings. The zero-order valence-electron chi connectivity index (χ0n) is 17.7. The van der Waals surface area contributed by atoms with E-state index in [1.54, 1.807) is 6.92 Å². The Bertz CT molecular complexity index is 830. The number of amides is 1. The predicted octanol–water partition coefficient (Wildman–Crippen LogP) is 2.75. The lowest BCUT2D eigenvalue weighted by atomic mass is 10.0. The zero-order chi connectivity index (χ0) is 22.5. The Labute approximate surface area is 182 Å². The van der Waals surface area contributed by atoms with Crippen LogP contribution >= 0.6 is 0 Å².